The van der Waals surface area contributed by atoms with Crippen LogP contribution in [-0.2, 0) is 9.53 Å². The maximum atomic E-state index is 13.0. The van der Waals surface area contributed by atoms with Crippen LogP contribution >= 0.6 is 0 Å². The first kappa shape index (κ1) is 24.3. The van der Waals surface area contributed by atoms with Crippen LogP contribution in [0.5, 0.6) is 5.75 Å². The Morgan fingerprint density at radius 1 is 1.17 bits per heavy atom. The van der Waals surface area contributed by atoms with Gasteiger partial charge in [-0.3, -0.25) is 19.1 Å². The normalized spacial score (nSPS) is 19.1. The van der Waals surface area contributed by atoms with Gasteiger partial charge in [-0.1, -0.05) is 0 Å². The Morgan fingerprint density at radius 2 is 1.94 bits per heavy atom. The number of hydrogen-bond acceptors (Lipinski definition) is 7. The van der Waals surface area contributed by atoms with Crippen LogP contribution in [0.4, 0.5) is 19.0 Å². The Morgan fingerprint density at radius 3 is 2.64 bits per heavy atom. The van der Waals surface area contributed by atoms with E-state index in [2.05, 4.69) is 24.9 Å². The topological polar surface area (TPSA) is 84.2 Å². The van der Waals surface area contributed by atoms with Gasteiger partial charge in [0.1, 0.15) is 17.3 Å². The number of carbonyl (C=O) groups is 1. The number of piperazine rings is 1. The van der Waals surface area contributed by atoms with Crippen molar-refractivity contribution in [3.63, 3.8) is 0 Å². The molecule has 4 heterocycles. The lowest BCUT2D eigenvalue weighted by Crippen LogP contribution is -2.51. The number of halogens is 3. The third-order valence-corrected chi connectivity index (χ3v) is 6.41. The lowest BCUT2D eigenvalue weighted by Gasteiger charge is -2.35. The number of fused-ring (bicyclic) bond motifs is 1. The first-order valence-corrected chi connectivity index (χ1v) is 11.9. The van der Waals surface area contributed by atoms with Crippen molar-refractivity contribution in [1.29, 1.82) is 0 Å². The molecule has 36 heavy (non-hydrogen) atoms. The van der Waals surface area contributed by atoms with Gasteiger partial charge in [0.05, 0.1) is 18.8 Å². The highest BCUT2D eigenvalue weighted by Crippen LogP contribution is 2.31. The van der Waals surface area contributed by atoms with Crippen molar-refractivity contribution >= 4 is 17.4 Å². The number of aromatic nitrogens is 3. The molecule has 1 unspecified atom stereocenters. The summed E-state index contributed by atoms with van der Waals surface area (Å²) in [5.74, 6) is 0.206. The molecule has 192 valence electrons. The predicted molar refractivity (Wildman–Crippen MR) is 126 cm³/mol. The fourth-order valence-electron chi connectivity index (χ4n) is 4.62. The van der Waals surface area contributed by atoms with Crippen LogP contribution in [0.15, 0.2) is 42.9 Å². The van der Waals surface area contributed by atoms with Gasteiger partial charge in [0, 0.05) is 57.3 Å². The predicted octanol–water partition coefficient (Wildman–Crippen LogP) is 3.03. The Balaban J connectivity index is 1.25. The highest BCUT2D eigenvalue weighted by atomic mass is 19.4. The Labute approximate surface area is 205 Å². The maximum absolute atomic E-state index is 13.0. The van der Waals surface area contributed by atoms with Crippen molar-refractivity contribution in [2.24, 2.45) is 0 Å². The van der Waals surface area contributed by atoms with E-state index in [0.29, 0.717) is 41.9 Å². The summed E-state index contributed by atoms with van der Waals surface area (Å²) in [5, 5.41) is 3.19. The maximum Gasteiger partial charge on any atom is 0.573 e. The Bertz CT molecular complexity index is 1190. The number of rotatable bonds is 7. The monoisotopic (exact) mass is 504 g/mol. The number of anilines is 1. The zero-order valence-electron chi connectivity index (χ0n) is 19.6. The van der Waals surface area contributed by atoms with Crippen molar-refractivity contribution in [3.05, 3.63) is 42.9 Å². The van der Waals surface area contributed by atoms with Crippen LogP contribution in [0.1, 0.15) is 12.8 Å². The SMILES string of the molecule is O=C(CNc1c(-c2ccc(OC(F)(F)F)cc2)nc2cnccn12)N1CCN(CC2CCCO2)CC1. The van der Waals surface area contributed by atoms with Crippen LogP contribution in [0.25, 0.3) is 16.9 Å². The molecule has 12 heteroatoms. The number of ether oxygens (including phenoxy) is 2. The van der Waals surface area contributed by atoms with E-state index in [9.17, 15) is 18.0 Å². The molecule has 0 bridgehead atoms. The molecule has 1 aromatic carbocycles. The van der Waals surface area contributed by atoms with Gasteiger partial charge in [0.25, 0.3) is 0 Å². The molecule has 5 rings (SSSR count). The summed E-state index contributed by atoms with van der Waals surface area (Å²) in [6.45, 7) is 4.72. The van der Waals surface area contributed by atoms with Gasteiger partial charge in [-0.05, 0) is 37.1 Å². The quantitative estimate of drug-likeness (QED) is 0.530. The number of carbonyl (C=O) groups excluding carboxylic acids is 1. The van der Waals surface area contributed by atoms with E-state index in [1.165, 1.54) is 24.3 Å². The zero-order valence-corrected chi connectivity index (χ0v) is 19.6. The average molecular weight is 505 g/mol. The molecule has 1 N–H and O–H groups in total. The summed E-state index contributed by atoms with van der Waals surface area (Å²) in [7, 11) is 0. The number of imidazole rings is 1. The zero-order chi connectivity index (χ0) is 25.1. The Hall–Kier alpha value is -3.38. The summed E-state index contributed by atoms with van der Waals surface area (Å²) in [4.78, 5) is 25.8. The molecule has 2 fully saturated rings. The largest absolute Gasteiger partial charge is 0.573 e. The van der Waals surface area contributed by atoms with E-state index in [0.717, 1.165) is 39.1 Å². The fraction of sp³-hybridized carbons (Fsp3) is 0.458. The van der Waals surface area contributed by atoms with E-state index >= 15 is 0 Å². The summed E-state index contributed by atoms with van der Waals surface area (Å²) in [5.41, 5.74) is 1.61. The average Bonchev–Trinajstić information content (AvgIpc) is 3.50. The van der Waals surface area contributed by atoms with E-state index in [4.69, 9.17) is 4.74 Å². The molecule has 0 saturated carbocycles. The second-order valence-corrected chi connectivity index (χ2v) is 8.86. The molecule has 9 nitrogen and oxygen atoms in total. The highest BCUT2D eigenvalue weighted by Gasteiger charge is 2.31. The number of amides is 1. The minimum Gasteiger partial charge on any atom is -0.406 e. The van der Waals surface area contributed by atoms with Crippen LogP contribution < -0.4 is 10.1 Å². The second kappa shape index (κ2) is 10.3. The first-order chi connectivity index (χ1) is 17.4. The van der Waals surface area contributed by atoms with E-state index < -0.39 is 6.36 Å². The molecule has 0 aliphatic carbocycles. The van der Waals surface area contributed by atoms with Gasteiger partial charge in [-0.25, -0.2) is 4.98 Å². The highest BCUT2D eigenvalue weighted by molar-refractivity contribution is 5.84. The minimum atomic E-state index is -4.76. The van der Waals surface area contributed by atoms with Crippen molar-refractivity contribution in [3.8, 4) is 17.0 Å². The molecule has 1 amide bonds. The van der Waals surface area contributed by atoms with Crippen LogP contribution in [0.3, 0.4) is 0 Å². The summed E-state index contributed by atoms with van der Waals surface area (Å²) in [6.07, 6.45) is 2.62. The number of hydrogen-bond donors (Lipinski definition) is 1. The number of alkyl halides is 3. The summed E-state index contributed by atoms with van der Waals surface area (Å²) < 4.78 is 49.0. The molecule has 2 aliphatic heterocycles. The Kier molecular flexibility index (Phi) is 6.97. The van der Waals surface area contributed by atoms with Crippen molar-refractivity contribution in [1.82, 2.24) is 24.2 Å². The molecule has 3 aromatic rings. The molecule has 1 atom stereocenters. The molecular weight excluding hydrogens is 477 g/mol. The second-order valence-electron chi connectivity index (χ2n) is 8.86. The summed E-state index contributed by atoms with van der Waals surface area (Å²) in [6, 6.07) is 5.46. The molecule has 0 spiro atoms. The van der Waals surface area contributed by atoms with Crippen molar-refractivity contribution < 1.29 is 27.4 Å². The molecule has 0 radical (unpaired) electrons. The lowest BCUT2D eigenvalue weighted by molar-refractivity contribution is -0.274. The third kappa shape index (κ3) is 5.71. The lowest BCUT2D eigenvalue weighted by atomic mass is 10.1. The standard InChI is InChI=1S/C24H27F3N6O3/c25-24(26,27)36-18-5-3-17(4-6-18)22-23(33-8-7-28-14-20(33)30-22)29-15-21(34)32-11-9-31(10-12-32)16-19-2-1-13-35-19/h3-8,14,19,29H,1-2,9-13,15-16H2. The van der Waals surface area contributed by atoms with Gasteiger partial charge in [-0.15, -0.1) is 13.2 Å². The molecule has 2 saturated heterocycles. The number of benzene rings is 1. The smallest absolute Gasteiger partial charge is 0.406 e. The molecule has 2 aromatic heterocycles. The van der Waals surface area contributed by atoms with Crippen molar-refractivity contribution in [2.75, 3.05) is 51.2 Å². The van der Waals surface area contributed by atoms with Gasteiger partial charge in [0.15, 0.2) is 5.65 Å². The first-order valence-electron chi connectivity index (χ1n) is 11.9. The van der Waals surface area contributed by atoms with Gasteiger partial charge in [-0.2, -0.15) is 0 Å². The van der Waals surface area contributed by atoms with Crippen LogP contribution in [0.2, 0.25) is 0 Å². The minimum absolute atomic E-state index is 0.0318. The molecular formula is C24H27F3N6O3. The third-order valence-electron chi connectivity index (χ3n) is 6.41. The van der Waals surface area contributed by atoms with Crippen LogP contribution in [0, 0.1) is 0 Å². The van der Waals surface area contributed by atoms with E-state index in [-0.39, 0.29) is 18.2 Å². The van der Waals surface area contributed by atoms with Gasteiger partial charge >= 0.3 is 6.36 Å². The van der Waals surface area contributed by atoms with Gasteiger partial charge in [0.2, 0.25) is 5.91 Å². The molecule has 2 aliphatic rings. The summed E-state index contributed by atoms with van der Waals surface area (Å²) >= 11 is 0. The van der Waals surface area contributed by atoms with Crippen LogP contribution in [-0.4, -0.2) is 88.4 Å². The number of nitrogens with one attached hydrogen (secondary N) is 1. The van der Waals surface area contributed by atoms with Crippen molar-refractivity contribution in [2.45, 2.75) is 25.3 Å². The van der Waals surface area contributed by atoms with Gasteiger partial charge < -0.3 is 19.7 Å². The van der Waals surface area contributed by atoms with E-state index in [1.807, 2.05) is 4.90 Å². The van der Waals surface area contributed by atoms with E-state index in [1.54, 1.807) is 23.0 Å². The fourth-order valence-corrected chi connectivity index (χ4v) is 4.62. The number of nitrogens with zero attached hydrogens (tertiary/aromatic N) is 5.